The van der Waals surface area contributed by atoms with Gasteiger partial charge in [0.15, 0.2) is 5.96 Å². The fourth-order valence-electron chi connectivity index (χ4n) is 2.67. The van der Waals surface area contributed by atoms with Gasteiger partial charge in [0.2, 0.25) is 5.91 Å². The molecule has 0 saturated heterocycles. The van der Waals surface area contributed by atoms with Crippen molar-refractivity contribution in [1.82, 2.24) is 15.5 Å². The maximum absolute atomic E-state index is 12.0. The van der Waals surface area contributed by atoms with Crippen LogP contribution < -0.4 is 16.0 Å². The number of hydrogen-bond acceptors (Lipinski definition) is 3. The van der Waals surface area contributed by atoms with E-state index >= 15 is 0 Å². The lowest BCUT2D eigenvalue weighted by Gasteiger charge is -2.13. The van der Waals surface area contributed by atoms with E-state index < -0.39 is 0 Å². The number of nitrogens with one attached hydrogen (secondary N) is 3. The maximum atomic E-state index is 12.0. The lowest BCUT2D eigenvalue weighted by atomic mass is 10.1. The van der Waals surface area contributed by atoms with Gasteiger partial charge >= 0.3 is 0 Å². The number of benzene rings is 2. The Balaban J connectivity index is 1.99. The summed E-state index contributed by atoms with van der Waals surface area (Å²) in [5.74, 6) is 0.589. The second-order valence-electron chi connectivity index (χ2n) is 6.83. The number of rotatable bonds is 7. The number of amides is 2. The van der Waals surface area contributed by atoms with Crippen molar-refractivity contribution in [2.75, 3.05) is 26.0 Å². The maximum Gasteiger partial charge on any atom is 0.253 e. The standard InChI is InChI=1S/C22H29N5O2/c1-5-23-22(25-15-18-7-6-8-20(13-18)26-16(2)28)24-14-17-9-11-19(12-10-17)21(29)27(3)4/h6-13H,5,14-15H2,1-4H3,(H,26,28)(H2,23,24,25). The zero-order valence-corrected chi connectivity index (χ0v) is 17.5. The zero-order chi connectivity index (χ0) is 21.2. The van der Waals surface area contributed by atoms with E-state index in [0.717, 1.165) is 23.4 Å². The van der Waals surface area contributed by atoms with E-state index in [2.05, 4.69) is 20.9 Å². The van der Waals surface area contributed by atoms with Crippen molar-refractivity contribution in [3.05, 3.63) is 65.2 Å². The number of guanidine groups is 1. The highest BCUT2D eigenvalue weighted by Gasteiger charge is 2.07. The Hall–Kier alpha value is -3.35. The van der Waals surface area contributed by atoms with Crippen LogP contribution in [0.4, 0.5) is 5.69 Å². The molecule has 29 heavy (non-hydrogen) atoms. The molecule has 7 heteroatoms. The molecule has 2 aromatic rings. The van der Waals surface area contributed by atoms with Crippen LogP contribution in [0.5, 0.6) is 0 Å². The second-order valence-corrected chi connectivity index (χ2v) is 6.83. The molecule has 0 saturated carbocycles. The molecule has 7 nitrogen and oxygen atoms in total. The summed E-state index contributed by atoms with van der Waals surface area (Å²) in [4.78, 5) is 29.3. The quantitative estimate of drug-likeness (QED) is 0.497. The molecule has 0 spiro atoms. The number of carbonyl (C=O) groups is 2. The number of hydrogen-bond donors (Lipinski definition) is 3. The molecule has 2 aromatic carbocycles. The first kappa shape index (κ1) is 21.9. The Kier molecular flexibility index (Phi) is 8.21. The number of nitrogens with zero attached hydrogens (tertiary/aromatic N) is 2. The Bertz CT molecular complexity index is 860. The lowest BCUT2D eigenvalue weighted by Crippen LogP contribution is -2.36. The fraction of sp³-hybridized carbons (Fsp3) is 0.318. The topological polar surface area (TPSA) is 85.8 Å². The van der Waals surface area contributed by atoms with Gasteiger partial charge < -0.3 is 20.9 Å². The minimum Gasteiger partial charge on any atom is -0.357 e. The van der Waals surface area contributed by atoms with Gasteiger partial charge in [-0.05, 0) is 42.3 Å². The molecule has 0 aliphatic rings. The van der Waals surface area contributed by atoms with Gasteiger partial charge in [0.1, 0.15) is 0 Å². The van der Waals surface area contributed by atoms with Crippen molar-refractivity contribution in [1.29, 1.82) is 0 Å². The summed E-state index contributed by atoms with van der Waals surface area (Å²) in [7, 11) is 3.48. The minimum atomic E-state index is -0.0982. The van der Waals surface area contributed by atoms with Crippen molar-refractivity contribution < 1.29 is 9.59 Å². The van der Waals surface area contributed by atoms with Crippen LogP contribution in [0.2, 0.25) is 0 Å². The van der Waals surface area contributed by atoms with Crippen LogP contribution in [0.3, 0.4) is 0 Å². The van der Waals surface area contributed by atoms with E-state index in [0.29, 0.717) is 24.6 Å². The van der Waals surface area contributed by atoms with Crippen LogP contribution in [0.15, 0.2) is 53.5 Å². The highest BCUT2D eigenvalue weighted by atomic mass is 16.2. The van der Waals surface area contributed by atoms with E-state index in [4.69, 9.17) is 0 Å². The normalized spacial score (nSPS) is 11.0. The van der Waals surface area contributed by atoms with Crippen molar-refractivity contribution >= 4 is 23.5 Å². The number of anilines is 1. The molecule has 0 heterocycles. The zero-order valence-electron chi connectivity index (χ0n) is 17.5. The summed E-state index contributed by atoms with van der Waals surface area (Å²) in [6.07, 6.45) is 0. The molecular formula is C22H29N5O2. The van der Waals surface area contributed by atoms with Crippen LogP contribution in [-0.4, -0.2) is 43.3 Å². The van der Waals surface area contributed by atoms with Gasteiger partial charge in [-0.1, -0.05) is 24.3 Å². The Morgan fingerprint density at radius 2 is 1.72 bits per heavy atom. The van der Waals surface area contributed by atoms with E-state index in [-0.39, 0.29) is 11.8 Å². The molecule has 0 aliphatic heterocycles. The highest BCUT2D eigenvalue weighted by Crippen LogP contribution is 2.11. The molecule has 3 N–H and O–H groups in total. The van der Waals surface area contributed by atoms with Crippen LogP contribution >= 0.6 is 0 Å². The number of carbonyl (C=O) groups excluding carboxylic acids is 2. The average Bonchev–Trinajstić information content (AvgIpc) is 2.69. The predicted octanol–water partition coefficient (Wildman–Crippen LogP) is 2.60. The van der Waals surface area contributed by atoms with Crippen LogP contribution in [-0.2, 0) is 17.9 Å². The molecule has 154 valence electrons. The first-order chi connectivity index (χ1) is 13.9. The molecule has 0 aromatic heterocycles. The fourth-order valence-corrected chi connectivity index (χ4v) is 2.67. The Labute approximate surface area is 172 Å². The molecule has 0 bridgehead atoms. The van der Waals surface area contributed by atoms with Gasteiger partial charge in [-0.25, -0.2) is 4.99 Å². The summed E-state index contributed by atoms with van der Waals surface area (Å²) in [6.45, 7) is 5.32. The third kappa shape index (κ3) is 7.29. The van der Waals surface area contributed by atoms with Crippen LogP contribution in [0, 0.1) is 0 Å². The summed E-state index contributed by atoms with van der Waals surface area (Å²) in [5.41, 5.74) is 3.48. The molecule has 0 aliphatic carbocycles. The number of aliphatic imine (C=N–C) groups is 1. The van der Waals surface area contributed by atoms with Gasteiger partial charge in [0.25, 0.3) is 5.91 Å². The van der Waals surface area contributed by atoms with Crippen LogP contribution in [0.25, 0.3) is 0 Å². The molecule has 2 amide bonds. The van der Waals surface area contributed by atoms with E-state index in [9.17, 15) is 9.59 Å². The monoisotopic (exact) mass is 395 g/mol. The van der Waals surface area contributed by atoms with E-state index in [1.54, 1.807) is 19.0 Å². The summed E-state index contributed by atoms with van der Waals surface area (Å²) in [5, 5.41) is 9.30. The van der Waals surface area contributed by atoms with Gasteiger partial charge in [-0.15, -0.1) is 0 Å². The Morgan fingerprint density at radius 1 is 1.00 bits per heavy atom. The average molecular weight is 396 g/mol. The molecular weight excluding hydrogens is 366 g/mol. The van der Waals surface area contributed by atoms with Crippen LogP contribution in [0.1, 0.15) is 35.3 Å². The molecule has 2 rings (SSSR count). The SMILES string of the molecule is CCNC(=NCc1cccc(NC(C)=O)c1)NCc1ccc(C(=O)N(C)C)cc1. The molecule has 0 atom stereocenters. The second kappa shape index (κ2) is 10.8. The van der Waals surface area contributed by atoms with Crippen molar-refractivity contribution in [2.45, 2.75) is 26.9 Å². The highest BCUT2D eigenvalue weighted by molar-refractivity contribution is 5.93. The molecule has 0 fully saturated rings. The van der Waals surface area contributed by atoms with Crippen molar-refractivity contribution in [2.24, 2.45) is 4.99 Å². The Morgan fingerprint density at radius 3 is 2.34 bits per heavy atom. The summed E-state index contributed by atoms with van der Waals surface area (Å²) in [6, 6.07) is 15.2. The largest absolute Gasteiger partial charge is 0.357 e. The molecule has 0 unspecified atom stereocenters. The van der Waals surface area contributed by atoms with Gasteiger partial charge in [0, 0.05) is 45.4 Å². The third-order valence-corrected chi connectivity index (χ3v) is 4.08. The van der Waals surface area contributed by atoms with Gasteiger partial charge in [-0.3, -0.25) is 9.59 Å². The lowest BCUT2D eigenvalue weighted by molar-refractivity contribution is -0.114. The van der Waals surface area contributed by atoms with Gasteiger partial charge in [-0.2, -0.15) is 0 Å². The summed E-state index contributed by atoms with van der Waals surface area (Å²) < 4.78 is 0. The third-order valence-electron chi connectivity index (χ3n) is 4.08. The first-order valence-corrected chi connectivity index (χ1v) is 9.58. The van der Waals surface area contributed by atoms with Crippen molar-refractivity contribution in [3.8, 4) is 0 Å². The minimum absolute atomic E-state index is 0.0131. The van der Waals surface area contributed by atoms with Gasteiger partial charge in [0.05, 0.1) is 6.54 Å². The van der Waals surface area contributed by atoms with Crippen molar-refractivity contribution in [3.63, 3.8) is 0 Å². The van der Waals surface area contributed by atoms with E-state index in [1.165, 1.54) is 6.92 Å². The molecule has 0 radical (unpaired) electrons. The smallest absolute Gasteiger partial charge is 0.253 e. The summed E-state index contributed by atoms with van der Waals surface area (Å²) >= 11 is 0. The predicted molar refractivity (Wildman–Crippen MR) is 117 cm³/mol. The van der Waals surface area contributed by atoms with E-state index in [1.807, 2.05) is 55.5 Å². The first-order valence-electron chi connectivity index (χ1n) is 9.58.